The number of benzene rings is 1. The number of alkyl halides is 4. The highest BCUT2D eigenvalue weighted by molar-refractivity contribution is 14.1. The molecule has 0 aliphatic carbocycles. The van der Waals surface area contributed by atoms with Crippen LogP contribution in [0.1, 0.15) is 21.5 Å². The van der Waals surface area contributed by atoms with Crippen LogP contribution in [0.4, 0.5) is 13.2 Å². The van der Waals surface area contributed by atoms with Crippen LogP contribution >= 0.6 is 34.2 Å². The lowest BCUT2D eigenvalue weighted by molar-refractivity contribution is -0.138. The largest absolute Gasteiger partial charge is 0.418 e. The van der Waals surface area contributed by atoms with Crippen molar-refractivity contribution in [2.24, 2.45) is 0 Å². The summed E-state index contributed by atoms with van der Waals surface area (Å²) in [5, 5.41) is 8.65. The molecule has 0 atom stereocenters. The van der Waals surface area contributed by atoms with Gasteiger partial charge in [0.25, 0.3) is 0 Å². The fourth-order valence-electron chi connectivity index (χ4n) is 1.30. The Labute approximate surface area is 114 Å². The van der Waals surface area contributed by atoms with Crippen LogP contribution in [0.25, 0.3) is 0 Å². The molecule has 0 fully saturated rings. The number of halogens is 5. The zero-order valence-electron chi connectivity index (χ0n) is 8.11. The predicted molar refractivity (Wildman–Crippen MR) is 63.9 cm³/mol. The fourth-order valence-corrected chi connectivity index (χ4v) is 2.19. The number of hydrogen-bond donors (Lipinski definition) is 0. The summed E-state index contributed by atoms with van der Waals surface area (Å²) in [4.78, 5) is 11.4. The number of Topliss-reactive ketones (excluding diaryl/α,β-unsaturated/α-hetero) is 1. The Kier molecular flexibility index (Phi) is 4.38. The normalized spacial score (nSPS) is 11.1. The van der Waals surface area contributed by atoms with Crippen molar-refractivity contribution in [3.8, 4) is 6.07 Å². The summed E-state index contributed by atoms with van der Waals surface area (Å²) in [5.74, 6) is -1.41. The van der Waals surface area contributed by atoms with E-state index in [-0.39, 0.29) is 3.57 Å². The molecular weight excluding hydrogens is 369 g/mol. The molecule has 0 spiro atoms. The van der Waals surface area contributed by atoms with Gasteiger partial charge in [0.2, 0.25) is 0 Å². The van der Waals surface area contributed by atoms with Gasteiger partial charge in [-0.2, -0.15) is 18.4 Å². The number of rotatable bonds is 2. The molecule has 1 rings (SSSR count). The van der Waals surface area contributed by atoms with Crippen molar-refractivity contribution in [2.45, 2.75) is 6.18 Å². The van der Waals surface area contributed by atoms with Gasteiger partial charge in [-0.15, -0.1) is 11.6 Å². The Morgan fingerprint density at radius 1 is 1.47 bits per heavy atom. The van der Waals surface area contributed by atoms with Gasteiger partial charge in [-0.05, 0) is 34.7 Å². The quantitative estimate of drug-likeness (QED) is 0.451. The van der Waals surface area contributed by atoms with Crippen molar-refractivity contribution < 1.29 is 18.0 Å². The first-order valence-corrected chi connectivity index (χ1v) is 5.83. The zero-order chi connectivity index (χ0) is 13.2. The van der Waals surface area contributed by atoms with E-state index in [1.165, 1.54) is 12.1 Å². The van der Waals surface area contributed by atoms with Gasteiger partial charge in [0.05, 0.1) is 23.1 Å². The lowest BCUT2D eigenvalue weighted by atomic mass is 9.98. The van der Waals surface area contributed by atoms with Crippen LogP contribution in [0.2, 0.25) is 0 Å². The molecule has 1 aromatic rings. The Morgan fingerprint density at radius 2 is 2.06 bits per heavy atom. The third kappa shape index (κ3) is 2.90. The standard InChI is InChI=1S/C10H4ClF3INO/c11-3-7(17)8-6(15)2-1-5(4-16)9(8)10(12,13)14/h1-2H,3H2. The molecule has 0 saturated heterocycles. The molecular formula is C10H4ClF3INO. The minimum absolute atomic E-state index is 0.125. The average molecular weight is 373 g/mol. The van der Waals surface area contributed by atoms with E-state index in [4.69, 9.17) is 16.9 Å². The van der Waals surface area contributed by atoms with Crippen molar-refractivity contribution in [3.63, 3.8) is 0 Å². The monoisotopic (exact) mass is 373 g/mol. The molecule has 0 heterocycles. The second kappa shape index (κ2) is 5.23. The van der Waals surface area contributed by atoms with Gasteiger partial charge in [-0.3, -0.25) is 4.79 Å². The summed E-state index contributed by atoms with van der Waals surface area (Å²) in [6.45, 7) is 0. The van der Waals surface area contributed by atoms with Crippen molar-refractivity contribution in [1.29, 1.82) is 5.26 Å². The van der Waals surface area contributed by atoms with Gasteiger partial charge in [-0.1, -0.05) is 0 Å². The van der Waals surface area contributed by atoms with Crippen molar-refractivity contribution in [2.75, 3.05) is 5.88 Å². The lowest BCUT2D eigenvalue weighted by Gasteiger charge is -2.14. The molecule has 0 amide bonds. The molecule has 0 saturated carbocycles. The number of hydrogen-bond acceptors (Lipinski definition) is 2. The molecule has 0 bridgehead atoms. The van der Waals surface area contributed by atoms with Crippen molar-refractivity contribution in [3.05, 3.63) is 32.4 Å². The second-order valence-corrected chi connectivity index (χ2v) is 4.44. The zero-order valence-corrected chi connectivity index (χ0v) is 11.0. The van der Waals surface area contributed by atoms with Crippen LogP contribution in [0.3, 0.4) is 0 Å². The van der Waals surface area contributed by atoms with Crippen LogP contribution in [0, 0.1) is 14.9 Å². The molecule has 0 aromatic heterocycles. The summed E-state index contributed by atoms with van der Waals surface area (Å²) in [6.07, 6.45) is -4.76. The molecule has 0 aliphatic heterocycles. The summed E-state index contributed by atoms with van der Waals surface area (Å²) >= 11 is 6.88. The fraction of sp³-hybridized carbons (Fsp3) is 0.200. The van der Waals surface area contributed by atoms with E-state index in [9.17, 15) is 18.0 Å². The number of ketones is 1. The molecule has 0 N–H and O–H groups in total. The first-order chi connectivity index (χ1) is 7.82. The smallest absolute Gasteiger partial charge is 0.293 e. The highest BCUT2D eigenvalue weighted by atomic mass is 127. The van der Waals surface area contributed by atoms with Crippen molar-refractivity contribution in [1.82, 2.24) is 0 Å². The molecule has 90 valence electrons. The Morgan fingerprint density at radius 3 is 2.47 bits per heavy atom. The van der Waals surface area contributed by atoms with E-state index in [1.807, 2.05) is 0 Å². The molecule has 0 radical (unpaired) electrons. The van der Waals surface area contributed by atoms with Crippen LogP contribution in [-0.2, 0) is 6.18 Å². The SMILES string of the molecule is N#Cc1ccc(I)c(C(=O)CCl)c1C(F)(F)F. The number of nitriles is 1. The van der Waals surface area contributed by atoms with E-state index < -0.39 is 34.5 Å². The van der Waals surface area contributed by atoms with Crippen molar-refractivity contribution >= 4 is 40.0 Å². The van der Waals surface area contributed by atoms with Gasteiger partial charge in [0, 0.05) is 9.13 Å². The number of carbonyl (C=O) groups is 1. The third-order valence-corrected chi connectivity index (χ3v) is 3.10. The van der Waals surface area contributed by atoms with E-state index in [1.54, 1.807) is 22.6 Å². The molecule has 7 heteroatoms. The third-order valence-electron chi connectivity index (χ3n) is 1.96. The average Bonchev–Trinajstić information content (AvgIpc) is 2.26. The Hall–Kier alpha value is -0.810. The van der Waals surface area contributed by atoms with E-state index in [2.05, 4.69) is 0 Å². The van der Waals surface area contributed by atoms with Gasteiger partial charge in [0.15, 0.2) is 5.78 Å². The summed E-state index contributed by atoms with van der Waals surface area (Å²) in [6, 6.07) is 3.75. The Balaban J connectivity index is 3.68. The second-order valence-electron chi connectivity index (χ2n) is 3.01. The molecule has 0 aliphatic rings. The summed E-state index contributed by atoms with van der Waals surface area (Å²) in [7, 11) is 0. The van der Waals surface area contributed by atoms with Gasteiger partial charge in [-0.25, -0.2) is 0 Å². The molecule has 1 aromatic carbocycles. The highest BCUT2D eigenvalue weighted by Crippen LogP contribution is 2.36. The lowest BCUT2D eigenvalue weighted by Crippen LogP contribution is -2.17. The molecule has 0 unspecified atom stereocenters. The van der Waals surface area contributed by atoms with Crippen LogP contribution in [0.5, 0.6) is 0 Å². The van der Waals surface area contributed by atoms with E-state index >= 15 is 0 Å². The first-order valence-electron chi connectivity index (χ1n) is 4.22. The number of carbonyl (C=O) groups excluding carboxylic acids is 1. The number of nitrogens with zero attached hydrogens (tertiary/aromatic N) is 1. The van der Waals surface area contributed by atoms with Crippen LogP contribution in [0.15, 0.2) is 12.1 Å². The molecule has 17 heavy (non-hydrogen) atoms. The van der Waals surface area contributed by atoms with E-state index in [0.29, 0.717) is 0 Å². The van der Waals surface area contributed by atoms with Gasteiger partial charge in [0.1, 0.15) is 0 Å². The maximum absolute atomic E-state index is 12.8. The maximum atomic E-state index is 12.8. The minimum Gasteiger partial charge on any atom is -0.293 e. The first kappa shape index (κ1) is 14.3. The topological polar surface area (TPSA) is 40.9 Å². The maximum Gasteiger partial charge on any atom is 0.418 e. The Bertz CT molecular complexity index is 507. The van der Waals surface area contributed by atoms with Crippen LogP contribution < -0.4 is 0 Å². The summed E-state index contributed by atoms with van der Waals surface area (Å²) < 4.78 is 38.6. The van der Waals surface area contributed by atoms with Gasteiger partial charge >= 0.3 is 6.18 Å². The predicted octanol–water partition coefficient (Wildman–Crippen LogP) is 3.60. The summed E-state index contributed by atoms with van der Waals surface area (Å²) in [5.41, 5.74) is -2.32. The molecule has 2 nitrogen and oxygen atoms in total. The van der Waals surface area contributed by atoms with E-state index in [0.717, 1.165) is 6.07 Å². The minimum atomic E-state index is -4.76. The highest BCUT2D eigenvalue weighted by Gasteiger charge is 2.38. The van der Waals surface area contributed by atoms with Gasteiger partial charge < -0.3 is 0 Å². The van der Waals surface area contributed by atoms with Crippen LogP contribution in [-0.4, -0.2) is 11.7 Å².